The van der Waals surface area contributed by atoms with Gasteiger partial charge in [-0.05, 0) is 37.2 Å². The molecule has 5 rings (SSSR count). The first-order valence-electron chi connectivity index (χ1n) is 9.94. The van der Waals surface area contributed by atoms with Crippen LogP contribution < -0.4 is 14.8 Å². The molecule has 0 unspecified atom stereocenters. The predicted molar refractivity (Wildman–Crippen MR) is 108 cm³/mol. The highest BCUT2D eigenvalue weighted by Crippen LogP contribution is 2.38. The summed E-state index contributed by atoms with van der Waals surface area (Å²) in [6, 6.07) is 8.80. The first-order chi connectivity index (χ1) is 13.8. The van der Waals surface area contributed by atoms with E-state index in [1.165, 1.54) is 23.4 Å². The molecule has 0 radical (unpaired) electrons. The summed E-state index contributed by atoms with van der Waals surface area (Å²) in [5.74, 6) is 0.958. The minimum atomic E-state index is 0.498. The molecular formula is C20H25N7S+2. The van der Waals surface area contributed by atoms with Gasteiger partial charge in [0.05, 0.1) is 26.2 Å². The molecule has 3 aromatic heterocycles. The van der Waals surface area contributed by atoms with Crippen LogP contribution in [0.15, 0.2) is 49.1 Å². The van der Waals surface area contributed by atoms with Crippen molar-refractivity contribution in [3.63, 3.8) is 0 Å². The van der Waals surface area contributed by atoms with Gasteiger partial charge in [0, 0.05) is 41.8 Å². The molecule has 144 valence electrons. The van der Waals surface area contributed by atoms with E-state index < -0.39 is 0 Å². The van der Waals surface area contributed by atoms with E-state index in [1.54, 1.807) is 6.20 Å². The van der Waals surface area contributed by atoms with Gasteiger partial charge < -0.3 is 9.80 Å². The fourth-order valence-electron chi connectivity index (χ4n) is 3.92. The van der Waals surface area contributed by atoms with Crippen molar-refractivity contribution in [2.24, 2.45) is 0 Å². The van der Waals surface area contributed by atoms with Crippen LogP contribution in [0.3, 0.4) is 0 Å². The van der Waals surface area contributed by atoms with Crippen LogP contribution in [0.25, 0.3) is 11.4 Å². The number of quaternary nitrogens is 1. The van der Waals surface area contributed by atoms with Gasteiger partial charge in [-0.25, -0.2) is 4.98 Å². The van der Waals surface area contributed by atoms with Gasteiger partial charge in [0.15, 0.2) is 24.9 Å². The van der Waals surface area contributed by atoms with E-state index in [-0.39, 0.29) is 0 Å². The number of nitrogens with zero attached hydrogens (tertiary/aromatic N) is 5. The second kappa shape index (κ2) is 7.44. The largest absolute Gasteiger partial charge is 0.360 e. The fraction of sp³-hybridized carbons (Fsp3) is 0.400. The molecule has 7 nitrogen and oxygen atoms in total. The number of aromatic amines is 1. The molecule has 0 atom stereocenters. The number of hydrogen-bond acceptors (Lipinski definition) is 4. The van der Waals surface area contributed by atoms with Crippen molar-refractivity contribution < 1.29 is 9.88 Å². The van der Waals surface area contributed by atoms with Gasteiger partial charge in [-0.15, -0.1) is 5.10 Å². The van der Waals surface area contributed by atoms with E-state index in [4.69, 9.17) is 17.3 Å². The van der Waals surface area contributed by atoms with Crippen molar-refractivity contribution in [2.75, 3.05) is 31.1 Å². The third-order valence-corrected chi connectivity index (χ3v) is 6.02. The Morgan fingerprint density at radius 1 is 1.14 bits per heavy atom. The van der Waals surface area contributed by atoms with Crippen LogP contribution in [-0.4, -0.2) is 45.5 Å². The quantitative estimate of drug-likeness (QED) is 0.655. The third kappa shape index (κ3) is 3.45. The van der Waals surface area contributed by atoms with Crippen LogP contribution in [0, 0.1) is 4.77 Å². The SMILES string of the molecule is S=c1n(C[NH+]2CCN(c3cc[nH+]cc3)CC2)nc(-c2cccnc2)n1C1CC1. The molecule has 1 saturated carbocycles. The average Bonchev–Trinajstić information content (AvgIpc) is 3.54. The molecule has 4 heterocycles. The normalized spacial score (nSPS) is 17.8. The number of H-pyrrole nitrogens is 1. The summed E-state index contributed by atoms with van der Waals surface area (Å²) in [7, 11) is 0. The van der Waals surface area contributed by atoms with Gasteiger partial charge >= 0.3 is 0 Å². The monoisotopic (exact) mass is 395 g/mol. The van der Waals surface area contributed by atoms with E-state index in [2.05, 4.69) is 37.6 Å². The lowest BCUT2D eigenvalue weighted by Crippen LogP contribution is -3.14. The van der Waals surface area contributed by atoms with Crippen LogP contribution in [0.4, 0.5) is 5.69 Å². The van der Waals surface area contributed by atoms with E-state index >= 15 is 0 Å². The van der Waals surface area contributed by atoms with E-state index in [9.17, 15) is 0 Å². The number of piperazine rings is 1. The fourth-order valence-corrected chi connectivity index (χ4v) is 4.26. The second-order valence-electron chi connectivity index (χ2n) is 7.60. The van der Waals surface area contributed by atoms with Gasteiger partial charge in [-0.1, -0.05) is 0 Å². The van der Waals surface area contributed by atoms with Gasteiger partial charge in [-0.2, -0.15) is 4.68 Å². The van der Waals surface area contributed by atoms with Crippen molar-refractivity contribution in [3.05, 3.63) is 53.8 Å². The van der Waals surface area contributed by atoms with Gasteiger partial charge in [0.25, 0.3) is 0 Å². The Kier molecular flexibility index (Phi) is 4.66. The van der Waals surface area contributed by atoms with Gasteiger partial charge in [-0.3, -0.25) is 9.55 Å². The first kappa shape index (κ1) is 17.5. The number of anilines is 1. The standard InChI is InChI=1S/C20H23N7S/c28-20-26(15-24-10-12-25(13-11-24)17-5-8-21-9-6-17)23-19(27(20)18-3-4-18)16-2-1-7-22-14-16/h1-2,5-9,14,18H,3-4,10-13,15H2/p+2. The Labute approximate surface area is 169 Å². The Morgan fingerprint density at radius 3 is 2.61 bits per heavy atom. The lowest BCUT2D eigenvalue weighted by molar-refractivity contribution is -0.924. The average molecular weight is 396 g/mol. The minimum Gasteiger partial charge on any atom is -0.360 e. The van der Waals surface area contributed by atoms with Crippen LogP contribution in [0.1, 0.15) is 18.9 Å². The Balaban J connectivity index is 1.33. The molecule has 2 fully saturated rings. The Hall–Kier alpha value is -2.58. The molecule has 0 amide bonds. The number of nitrogens with one attached hydrogen (secondary N) is 2. The highest BCUT2D eigenvalue weighted by atomic mass is 32.1. The van der Waals surface area contributed by atoms with Crippen LogP contribution in [-0.2, 0) is 6.67 Å². The second-order valence-corrected chi connectivity index (χ2v) is 7.97. The molecule has 1 aliphatic heterocycles. The summed E-state index contributed by atoms with van der Waals surface area (Å²) in [6.45, 7) is 5.08. The van der Waals surface area contributed by atoms with E-state index in [1.807, 2.05) is 29.3 Å². The highest BCUT2D eigenvalue weighted by Gasteiger charge is 2.30. The van der Waals surface area contributed by atoms with Gasteiger partial charge in [0.2, 0.25) is 4.77 Å². The smallest absolute Gasteiger partial charge is 0.203 e. The summed E-state index contributed by atoms with van der Waals surface area (Å²) >= 11 is 5.81. The molecule has 1 saturated heterocycles. The topological polar surface area (TPSA) is 57.5 Å². The summed E-state index contributed by atoms with van der Waals surface area (Å²) in [5.41, 5.74) is 2.33. The van der Waals surface area contributed by atoms with Crippen molar-refractivity contribution in [1.29, 1.82) is 0 Å². The summed E-state index contributed by atoms with van der Waals surface area (Å²) in [4.78, 5) is 11.3. The zero-order valence-corrected chi connectivity index (χ0v) is 16.6. The number of rotatable bonds is 5. The molecule has 28 heavy (non-hydrogen) atoms. The predicted octanol–water partition coefficient (Wildman–Crippen LogP) is 0.988. The van der Waals surface area contributed by atoms with Crippen molar-refractivity contribution in [1.82, 2.24) is 19.3 Å². The van der Waals surface area contributed by atoms with Crippen LogP contribution in [0.2, 0.25) is 0 Å². The van der Waals surface area contributed by atoms with E-state index in [0.29, 0.717) is 6.04 Å². The molecular weight excluding hydrogens is 370 g/mol. The number of aromatic nitrogens is 5. The lowest BCUT2D eigenvalue weighted by atomic mass is 10.3. The number of pyridine rings is 2. The first-order valence-corrected chi connectivity index (χ1v) is 10.3. The molecule has 8 heteroatoms. The van der Waals surface area contributed by atoms with Crippen LogP contribution in [0.5, 0.6) is 0 Å². The maximum atomic E-state index is 5.81. The summed E-state index contributed by atoms with van der Waals surface area (Å²) in [6.07, 6.45) is 10.0. The zero-order chi connectivity index (χ0) is 18.9. The van der Waals surface area contributed by atoms with Crippen molar-refractivity contribution >= 4 is 17.9 Å². The van der Waals surface area contributed by atoms with E-state index in [0.717, 1.165) is 49.0 Å². The molecule has 3 aromatic rings. The molecule has 0 aromatic carbocycles. The lowest BCUT2D eigenvalue weighted by Gasteiger charge is -2.33. The summed E-state index contributed by atoms with van der Waals surface area (Å²) < 4.78 is 5.11. The third-order valence-electron chi connectivity index (χ3n) is 5.61. The number of hydrogen-bond donors (Lipinski definition) is 1. The van der Waals surface area contributed by atoms with Crippen molar-refractivity contribution in [3.8, 4) is 11.4 Å². The summed E-state index contributed by atoms with van der Waals surface area (Å²) in [5, 5.41) is 4.91. The van der Waals surface area contributed by atoms with Crippen molar-refractivity contribution in [2.45, 2.75) is 25.6 Å². The van der Waals surface area contributed by atoms with Crippen LogP contribution >= 0.6 is 12.2 Å². The molecule has 2 N–H and O–H groups in total. The maximum absolute atomic E-state index is 5.81. The Morgan fingerprint density at radius 2 is 1.93 bits per heavy atom. The minimum absolute atomic E-state index is 0.498. The molecule has 2 aliphatic rings. The Bertz CT molecular complexity index is 986. The maximum Gasteiger partial charge on any atom is 0.203 e. The highest BCUT2D eigenvalue weighted by molar-refractivity contribution is 7.71. The van der Waals surface area contributed by atoms with Gasteiger partial charge in [0.1, 0.15) is 0 Å². The molecule has 0 spiro atoms. The molecule has 1 aliphatic carbocycles. The zero-order valence-electron chi connectivity index (χ0n) is 15.8. The molecule has 0 bridgehead atoms.